The zero-order valence-electron chi connectivity index (χ0n) is 16.4. The largest absolute Gasteiger partial charge is 0.497 e. The SMILES string of the molecule is COc1ccc(C(=O)N2CCN(C(=O)c3ccc(C4SCCS4)cc3)CC2)cc1. The molecule has 0 radical (unpaired) electrons. The van der Waals surface area contributed by atoms with Crippen molar-refractivity contribution in [3.05, 3.63) is 65.2 Å². The van der Waals surface area contributed by atoms with E-state index in [-0.39, 0.29) is 11.8 Å². The van der Waals surface area contributed by atoms with Crippen LogP contribution in [0.4, 0.5) is 0 Å². The Balaban J connectivity index is 1.33. The van der Waals surface area contributed by atoms with Crippen molar-refractivity contribution in [3.63, 3.8) is 0 Å². The lowest BCUT2D eigenvalue weighted by molar-refractivity contribution is 0.0535. The van der Waals surface area contributed by atoms with Crippen LogP contribution in [0.25, 0.3) is 0 Å². The highest BCUT2D eigenvalue weighted by Gasteiger charge is 2.26. The van der Waals surface area contributed by atoms with Crippen LogP contribution in [0.1, 0.15) is 30.9 Å². The zero-order chi connectivity index (χ0) is 20.2. The summed E-state index contributed by atoms with van der Waals surface area (Å²) in [6.45, 7) is 2.20. The second kappa shape index (κ2) is 9.13. The van der Waals surface area contributed by atoms with Crippen LogP contribution in [0.2, 0.25) is 0 Å². The molecule has 0 spiro atoms. The Hall–Kier alpha value is -2.12. The molecule has 2 fully saturated rings. The molecule has 2 aromatic carbocycles. The van der Waals surface area contributed by atoms with Gasteiger partial charge in [0.05, 0.1) is 11.7 Å². The number of carbonyl (C=O) groups excluding carboxylic acids is 2. The second-order valence-electron chi connectivity index (χ2n) is 7.01. The summed E-state index contributed by atoms with van der Waals surface area (Å²) < 4.78 is 5.63. The average molecular weight is 429 g/mol. The molecule has 2 aromatic rings. The third kappa shape index (κ3) is 4.56. The molecule has 4 rings (SSSR count). The van der Waals surface area contributed by atoms with Gasteiger partial charge >= 0.3 is 0 Å². The van der Waals surface area contributed by atoms with Crippen molar-refractivity contribution in [2.75, 3.05) is 44.8 Å². The average Bonchev–Trinajstić information content (AvgIpc) is 3.33. The highest BCUT2D eigenvalue weighted by Crippen LogP contribution is 2.45. The Bertz CT molecular complexity index is 857. The first-order valence-electron chi connectivity index (χ1n) is 9.71. The van der Waals surface area contributed by atoms with E-state index in [1.807, 2.05) is 45.5 Å². The molecule has 0 saturated carbocycles. The summed E-state index contributed by atoms with van der Waals surface area (Å²) in [6.07, 6.45) is 0. The molecule has 2 saturated heterocycles. The summed E-state index contributed by atoms with van der Waals surface area (Å²) >= 11 is 3.93. The van der Waals surface area contributed by atoms with Crippen molar-refractivity contribution >= 4 is 35.3 Å². The summed E-state index contributed by atoms with van der Waals surface area (Å²) in [5.41, 5.74) is 2.64. The fourth-order valence-corrected chi connectivity index (χ4v) is 6.40. The quantitative estimate of drug-likeness (QED) is 0.742. The van der Waals surface area contributed by atoms with Gasteiger partial charge in [-0.2, -0.15) is 0 Å². The summed E-state index contributed by atoms with van der Waals surface area (Å²) in [5.74, 6) is 3.15. The smallest absolute Gasteiger partial charge is 0.253 e. The monoisotopic (exact) mass is 428 g/mol. The van der Waals surface area contributed by atoms with Crippen molar-refractivity contribution in [1.82, 2.24) is 9.80 Å². The van der Waals surface area contributed by atoms with Crippen molar-refractivity contribution in [2.45, 2.75) is 4.58 Å². The van der Waals surface area contributed by atoms with Gasteiger partial charge in [0.2, 0.25) is 0 Å². The standard InChI is InChI=1S/C22H24N2O3S2/c1-27-19-8-6-17(7-9-19)21(26)24-12-10-23(11-13-24)20(25)16-2-4-18(5-3-16)22-28-14-15-29-22/h2-9,22H,10-15H2,1H3. The van der Waals surface area contributed by atoms with Gasteiger partial charge in [0.25, 0.3) is 11.8 Å². The molecule has 29 heavy (non-hydrogen) atoms. The number of ether oxygens (including phenoxy) is 1. The van der Waals surface area contributed by atoms with E-state index >= 15 is 0 Å². The van der Waals surface area contributed by atoms with E-state index in [2.05, 4.69) is 12.1 Å². The minimum absolute atomic E-state index is 0.00401. The van der Waals surface area contributed by atoms with Gasteiger partial charge in [-0.05, 0) is 42.0 Å². The van der Waals surface area contributed by atoms with E-state index in [0.29, 0.717) is 36.3 Å². The first-order valence-corrected chi connectivity index (χ1v) is 11.8. The number of rotatable bonds is 4. The molecular weight excluding hydrogens is 404 g/mol. The van der Waals surface area contributed by atoms with Gasteiger partial charge < -0.3 is 14.5 Å². The van der Waals surface area contributed by atoms with E-state index in [4.69, 9.17) is 4.74 Å². The number of methoxy groups -OCH3 is 1. The van der Waals surface area contributed by atoms with E-state index in [0.717, 1.165) is 11.3 Å². The van der Waals surface area contributed by atoms with Crippen molar-refractivity contribution in [2.24, 2.45) is 0 Å². The molecule has 0 N–H and O–H groups in total. The molecular formula is C22H24N2O3S2. The van der Waals surface area contributed by atoms with Crippen LogP contribution in [0.3, 0.4) is 0 Å². The Kier molecular flexibility index (Phi) is 6.35. The van der Waals surface area contributed by atoms with Crippen LogP contribution in [0, 0.1) is 0 Å². The molecule has 0 atom stereocenters. The maximum absolute atomic E-state index is 12.8. The number of hydrogen-bond donors (Lipinski definition) is 0. The molecule has 0 aliphatic carbocycles. The molecule has 2 aliphatic rings. The van der Waals surface area contributed by atoms with E-state index in [9.17, 15) is 9.59 Å². The lowest BCUT2D eigenvalue weighted by Crippen LogP contribution is -2.50. The van der Waals surface area contributed by atoms with Gasteiger partial charge in [0.15, 0.2) is 0 Å². The van der Waals surface area contributed by atoms with Crippen molar-refractivity contribution < 1.29 is 14.3 Å². The second-order valence-corrected chi connectivity index (χ2v) is 9.73. The lowest BCUT2D eigenvalue weighted by atomic mass is 10.1. The third-order valence-corrected chi connectivity index (χ3v) is 8.35. The predicted molar refractivity (Wildman–Crippen MR) is 119 cm³/mol. The van der Waals surface area contributed by atoms with Crippen molar-refractivity contribution in [3.8, 4) is 5.75 Å². The molecule has 0 aromatic heterocycles. The molecule has 0 bridgehead atoms. The van der Waals surface area contributed by atoms with E-state index in [1.165, 1.54) is 17.1 Å². The van der Waals surface area contributed by atoms with Gasteiger partial charge in [-0.25, -0.2) is 0 Å². The fraction of sp³-hybridized carbons (Fsp3) is 0.364. The Morgan fingerprint density at radius 3 is 1.69 bits per heavy atom. The van der Waals surface area contributed by atoms with Crippen LogP contribution in [0.15, 0.2) is 48.5 Å². The minimum atomic E-state index is -0.00401. The molecule has 7 heteroatoms. The molecule has 2 amide bonds. The van der Waals surface area contributed by atoms with Crippen LogP contribution in [-0.4, -0.2) is 66.4 Å². The Morgan fingerprint density at radius 2 is 1.24 bits per heavy atom. The Morgan fingerprint density at radius 1 is 0.793 bits per heavy atom. The summed E-state index contributed by atoms with van der Waals surface area (Å²) in [6, 6.07) is 15.2. The number of thioether (sulfide) groups is 2. The minimum Gasteiger partial charge on any atom is -0.497 e. The van der Waals surface area contributed by atoms with Crippen LogP contribution in [-0.2, 0) is 0 Å². The topological polar surface area (TPSA) is 49.9 Å². The lowest BCUT2D eigenvalue weighted by Gasteiger charge is -2.35. The maximum atomic E-state index is 12.8. The predicted octanol–water partition coefficient (Wildman–Crippen LogP) is 3.77. The number of piperazine rings is 1. The molecule has 152 valence electrons. The molecule has 2 heterocycles. The Labute approximate surface area is 179 Å². The van der Waals surface area contributed by atoms with Gasteiger partial charge in [-0.3, -0.25) is 9.59 Å². The molecule has 0 unspecified atom stereocenters. The molecule has 5 nitrogen and oxygen atoms in total. The highest BCUT2D eigenvalue weighted by atomic mass is 32.2. The van der Waals surface area contributed by atoms with Crippen molar-refractivity contribution in [1.29, 1.82) is 0 Å². The summed E-state index contributed by atoms with van der Waals surface area (Å²) in [7, 11) is 1.60. The number of amides is 2. The fourth-order valence-electron chi connectivity index (χ4n) is 3.55. The molecule has 2 aliphatic heterocycles. The van der Waals surface area contributed by atoms with Gasteiger partial charge in [0.1, 0.15) is 5.75 Å². The normalized spacial score (nSPS) is 17.4. The summed E-state index contributed by atoms with van der Waals surface area (Å²) in [4.78, 5) is 29.2. The zero-order valence-corrected chi connectivity index (χ0v) is 18.0. The first-order chi connectivity index (χ1) is 14.2. The van der Waals surface area contributed by atoms with Crippen LogP contribution in [0.5, 0.6) is 5.75 Å². The van der Waals surface area contributed by atoms with E-state index < -0.39 is 0 Å². The maximum Gasteiger partial charge on any atom is 0.253 e. The number of benzene rings is 2. The number of hydrogen-bond acceptors (Lipinski definition) is 5. The van der Waals surface area contributed by atoms with Gasteiger partial charge in [0, 0.05) is 48.8 Å². The highest BCUT2D eigenvalue weighted by molar-refractivity contribution is 8.19. The third-order valence-electron chi connectivity index (χ3n) is 5.24. The van der Waals surface area contributed by atoms with Crippen LogP contribution < -0.4 is 4.74 Å². The van der Waals surface area contributed by atoms with Gasteiger partial charge in [-0.15, -0.1) is 23.5 Å². The number of carbonyl (C=O) groups is 2. The first kappa shape index (κ1) is 20.2. The van der Waals surface area contributed by atoms with E-state index in [1.54, 1.807) is 31.4 Å². The summed E-state index contributed by atoms with van der Waals surface area (Å²) in [5, 5.41) is 0. The van der Waals surface area contributed by atoms with Gasteiger partial charge in [-0.1, -0.05) is 12.1 Å². The number of nitrogens with zero attached hydrogens (tertiary/aromatic N) is 2. The van der Waals surface area contributed by atoms with Crippen LogP contribution >= 0.6 is 23.5 Å².